The van der Waals surface area contributed by atoms with Gasteiger partial charge in [-0.1, -0.05) is 241 Å². The zero-order valence-electron chi connectivity index (χ0n) is 52.5. The molecule has 444 valence electrons. The average molecular weight is 1090 g/mol. The number of hydrogen-bond acceptors (Lipinski definition) is 7. The van der Waals surface area contributed by atoms with Crippen LogP contribution < -0.4 is 0 Å². The minimum atomic E-state index is -1.13. The number of Topliss-reactive ketones (excluding diaryl/α,β-unsaturated/α-hetero) is 1. The summed E-state index contributed by atoms with van der Waals surface area (Å²) < 4.78 is 18.5. The number of unbranched alkanes of at least 4 members (excludes halogenated alkanes) is 21. The molecular formula is C72H114O7. The highest BCUT2D eigenvalue weighted by Crippen LogP contribution is 2.67. The van der Waals surface area contributed by atoms with Gasteiger partial charge in [0.1, 0.15) is 17.8 Å². The molecule has 7 nitrogen and oxygen atoms in total. The van der Waals surface area contributed by atoms with Gasteiger partial charge in [0.05, 0.1) is 11.2 Å². The van der Waals surface area contributed by atoms with Crippen LogP contribution in [0.1, 0.15) is 282 Å². The number of ether oxygens (including phenoxy) is 3. The number of rotatable bonds is 39. The maximum absolute atomic E-state index is 13.6. The fourth-order valence-corrected chi connectivity index (χ4v) is 12.3. The molecule has 0 amide bonds. The third kappa shape index (κ3) is 26.2. The lowest BCUT2D eigenvalue weighted by Gasteiger charge is -2.44. The molecule has 5 atom stereocenters. The average Bonchev–Trinajstić information content (AvgIpc) is 4.03. The number of carbonyl (C=O) groups excluding carboxylic acids is 3. The van der Waals surface area contributed by atoms with Gasteiger partial charge in [0.2, 0.25) is 0 Å². The van der Waals surface area contributed by atoms with Crippen molar-refractivity contribution in [2.75, 3.05) is 0 Å². The van der Waals surface area contributed by atoms with Crippen LogP contribution in [-0.2, 0) is 28.6 Å². The van der Waals surface area contributed by atoms with Gasteiger partial charge in [0.15, 0.2) is 5.78 Å². The van der Waals surface area contributed by atoms with E-state index < -0.39 is 16.8 Å². The Hall–Kier alpha value is -4.03. The summed E-state index contributed by atoms with van der Waals surface area (Å²) in [7, 11) is 0. The number of ketones is 1. The van der Waals surface area contributed by atoms with E-state index >= 15 is 0 Å². The summed E-state index contributed by atoms with van der Waals surface area (Å²) in [5, 5.41) is 11.6. The molecule has 2 aliphatic carbocycles. The molecule has 0 aromatic carbocycles. The minimum Gasteiger partial charge on any atom is -0.462 e. The van der Waals surface area contributed by atoms with E-state index in [1.807, 2.05) is 82.4 Å². The summed E-state index contributed by atoms with van der Waals surface area (Å²) in [5.41, 5.74) is 5.24. The van der Waals surface area contributed by atoms with Gasteiger partial charge in [-0.15, -0.1) is 5.73 Å². The summed E-state index contributed by atoms with van der Waals surface area (Å²) >= 11 is 0. The van der Waals surface area contributed by atoms with Gasteiger partial charge in [-0.3, -0.25) is 14.4 Å². The number of epoxide rings is 1. The zero-order chi connectivity index (χ0) is 58.2. The molecule has 0 aromatic rings. The molecular weight excluding hydrogens is 977 g/mol. The number of esters is 2. The van der Waals surface area contributed by atoms with Gasteiger partial charge in [-0.25, -0.2) is 0 Å². The van der Waals surface area contributed by atoms with Gasteiger partial charge in [0.25, 0.3) is 0 Å². The number of hydrogen-bond donors (Lipinski definition) is 1. The van der Waals surface area contributed by atoms with Crippen molar-refractivity contribution >= 4 is 17.7 Å². The predicted octanol–water partition coefficient (Wildman–Crippen LogP) is 20.0. The molecule has 0 bridgehead atoms. The molecule has 1 N–H and O–H groups in total. The van der Waals surface area contributed by atoms with Crippen LogP contribution in [-0.4, -0.2) is 51.8 Å². The molecule has 3 fully saturated rings. The Morgan fingerprint density at radius 3 is 1.46 bits per heavy atom. The lowest BCUT2D eigenvalue weighted by molar-refractivity contribution is -0.156. The summed E-state index contributed by atoms with van der Waals surface area (Å²) in [6, 6.07) is 0. The maximum atomic E-state index is 13.6. The molecule has 3 rings (SSSR count). The Kier molecular flexibility index (Phi) is 31.9. The van der Waals surface area contributed by atoms with Crippen molar-refractivity contribution in [2.24, 2.45) is 10.8 Å². The Labute approximate surface area is 483 Å². The fraction of sp³-hybridized carbons (Fsp3) is 0.694. The van der Waals surface area contributed by atoms with Crippen molar-refractivity contribution in [3.63, 3.8) is 0 Å². The van der Waals surface area contributed by atoms with E-state index in [1.165, 1.54) is 116 Å². The quantitative estimate of drug-likeness (QED) is 0.0124. The molecule has 1 heterocycles. The van der Waals surface area contributed by atoms with Crippen LogP contribution in [0.3, 0.4) is 0 Å². The first-order valence-corrected chi connectivity index (χ1v) is 31.8. The summed E-state index contributed by atoms with van der Waals surface area (Å²) in [5.74, 6) is -0.187. The van der Waals surface area contributed by atoms with Gasteiger partial charge < -0.3 is 19.3 Å². The van der Waals surface area contributed by atoms with Crippen LogP contribution in [0.2, 0.25) is 0 Å². The predicted molar refractivity (Wildman–Crippen MR) is 333 cm³/mol. The lowest BCUT2D eigenvalue weighted by Crippen LogP contribution is -2.49. The van der Waals surface area contributed by atoms with Crippen LogP contribution in [0.25, 0.3) is 0 Å². The maximum Gasteiger partial charge on any atom is 0.306 e. The molecule has 0 radical (unpaired) electrons. The first-order chi connectivity index (χ1) is 37.6. The molecule has 3 aliphatic rings. The van der Waals surface area contributed by atoms with Crippen LogP contribution in [0.15, 0.2) is 113 Å². The van der Waals surface area contributed by atoms with Crippen molar-refractivity contribution < 1.29 is 33.7 Å². The standard InChI is InChI=1S/C72H114O7/c1-13-15-17-19-21-23-25-27-29-31-33-35-37-49-66(74)77-62-53-68(7,8)65(70(11,76)55-62)52-51-60(5)46-41-45-58(3)43-39-40-44-59(4)47-42-48-61(6)64(73)57-72-69(9,10)54-63(56-71(72,12)79-72)78-67(75)50-38-36-34-32-30-28-26-24-22-20-18-16-14-2/h24,26,39-48,51,62-63,76H,13-23,25,27-38,49-50,53-57H2,1-12H3/b26-24+,40-39+,45-41+,47-42+,58-43+,59-44+,60-46+,61-48+/t52?,62-,63-,70+,71+,72-/m0/s1. The Morgan fingerprint density at radius 2 is 0.975 bits per heavy atom. The third-order valence-electron chi connectivity index (χ3n) is 17.0. The number of carbonyl (C=O) groups is 3. The van der Waals surface area contributed by atoms with E-state index in [9.17, 15) is 19.5 Å². The molecule has 2 saturated carbocycles. The second-order valence-corrected chi connectivity index (χ2v) is 25.8. The third-order valence-corrected chi connectivity index (χ3v) is 17.0. The second kappa shape index (κ2) is 36.4. The van der Waals surface area contributed by atoms with Crippen molar-refractivity contribution in [3.8, 4) is 0 Å². The van der Waals surface area contributed by atoms with E-state index in [0.29, 0.717) is 50.5 Å². The smallest absolute Gasteiger partial charge is 0.306 e. The lowest BCUT2D eigenvalue weighted by atomic mass is 9.61. The monoisotopic (exact) mass is 1090 g/mol. The SMILES string of the molecule is CCCCCC/C=C/CCCCCCCC(=O)O[C@H]1CC(C)(C)[C@]2(CC(=O)/C(C)=C/C=C/C(C)=C/C=C/C=C(C)/C=C/C=C(\C)C=C=C3C(C)(C)C[C@H](OC(=O)CCCCCCCCCCCCCCC)C[C@@]3(C)O)O[C@]2(C)C1. The Balaban J connectivity index is 1.37. The molecule has 0 spiro atoms. The molecule has 0 aromatic heterocycles. The van der Waals surface area contributed by atoms with Crippen molar-refractivity contribution in [3.05, 3.63) is 113 Å². The van der Waals surface area contributed by atoms with Crippen LogP contribution in [0, 0.1) is 10.8 Å². The highest BCUT2D eigenvalue weighted by molar-refractivity contribution is 5.96. The van der Waals surface area contributed by atoms with Gasteiger partial charge in [-0.2, -0.15) is 0 Å². The largest absolute Gasteiger partial charge is 0.462 e. The highest BCUT2D eigenvalue weighted by atomic mass is 16.6. The number of fused-ring (bicyclic) bond motifs is 1. The molecule has 79 heavy (non-hydrogen) atoms. The van der Waals surface area contributed by atoms with Crippen molar-refractivity contribution in [1.82, 2.24) is 0 Å². The van der Waals surface area contributed by atoms with E-state index in [4.69, 9.17) is 14.2 Å². The normalized spacial score (nSPS) is 24.4. The molecule has 0 unspecified atom stereocenters. The topological polar surface area (TPSA) is 102 Å². The van der Waals surface area contributed by atoms with Crippen LogP contribution in [0.4, 0.5) is 0 Å². The zero-order valence-corrected chi connectivity index (χ0v) is 52.5. The van der Waals surface area contributed by atoms with Crippen molar-refractivity contribution in [1.29, 1.82) is 0 Å². The van der Waals surface area contributed by atoms with E-state index in [1.54, 1.807) is 0 Å². The van der Waals surface area contributed by atoms with E-state index in [0.717, 1.165) is 60.8 Å². The second-order valence-electron chi connectivity index (χ2n) is 25.8. The van der Waals surface area contributed by atoms with E-state index in [-0.39, 0.29) is 40.8 Å². The van der Waals surface area contributed by atoms with Crippen LogP contribution >= 0.6 is 0 Å². The summed E-state index contributed by atoms with van der Waals surface area (Å²) in [6.07, 6.45) is 59.4. The first-order valence-electron chi connectivity index (χ1n) is 31.8. The Bertz CT molecular complexity index is 2160. The van der Waals surface area contributed by atoms with Gasteiger partial charge in [0, 0.05) is 43.1 Å². The molecule has 7 heteroatoms. The number of allylic oxidation sites excluding steroid dienone is 16. The van der Waals surface area contributed by atoms with Gasteiger partial charge in [-0.05, 0) is 116 Å². The summed E-state index contributed by atoms with van der Waals surface area (Å²) in [6.45, 7) is 24.9. The van der Waals surface area contributed by atoms with Crippen LogP contribution in [0.5, 0.6) is 0 Å². The molecule has 1 aliphatic heterocycles. The van der Waals surface area contributed by atoms with E-state index in [2.05, 4.69) is 85.4 Å². The molecule has 1 saturated heterocycles. The summed E-state index contributed by atoms with van der Waals surface area (Å²) in [4.78, 5) is 39.3. The number of aliphatic hydroxyl groups is 1. The van der Waals surface area contributed by atoms with Gasteiger partial charge >= 0.3 is 11.9 Å². The minimum absolute atomic E-state index is 0.0776. The highest BCUT2D eigenvalue weighted by Gasteiger charge is 2.76. The fourth-order valence-electron chi connectivity index (χ4n) is 12.3. The first kappa shape index (κ1) is 69.2. The Morgan fingerprint density at radius 1 is 0.544 bits per heavy atom. The van der Waals surface area contributed by atoms with Crippen molar-refractivity contribution in [2.45, 2.75) is 311 Å².